The van der Waals surface area contributed by atoms with Crippen molar-refractivity contribution >= 4 is 5.91 Å². The van der Waals surface area contributed by atoms with Crippen LogP contribution in [0.4, 0.5) is 13.2 Å². The molecular formula is C17H20F3NO. The molecule has 1 amide bonds. The molecule has 0 saturated carbocycles. The highest BCUT2D eigenvalue weighted by Crippen LogP contribution is 2.32. The SMILES string of the molecule is CC=CC=CC(=O)NC(c1cccc(C(F)(F)F)c1)C(C)C. The Bertz CT molecular complexity index is 559. The van der Waals surface area contributed by atoms with Crippen molar-refractivity contribution < 1.29 is 18.0 Å². The molecule has 1 unspecified atom stereocenters. The molecule has 0 heterocycles. The van der Waals surface area contributed by atoms with Crippen LogP contribution in [0.1, 0.15) is 37.9 Å². The Hall–Kier alpha value is -2.04. The molecule has 1 rings (SSSR count). The van der Waals surface area contributed by atoms with Gasteiger partial charge in [-0.1, -0.05) is 44.2 Å². The number of carbonyl (C=O) groups is 1. The van der Waals surface area contributed by atoms with Gasteiger partial charge in [0.25, 0.3) is 0 Å². The van der Waals surface area contributed by atoms with Crippen molar-refractivity contribution in [3.63, 3.8) is 0 Å². The van der Waals surface area contributed by atoms with Crippen molar-refractivity contribution in [3.8, 4) is 0 Å². The van der Waals surface area contributed by atoms with Gasteiger partial charge in [0.1, 0.15) is 0 Å². The van der Waals surface area contributed by atoms with E-state index in [-0.39, 0.29) is 11.8 Å². The fourth-order valence-corrected chi connectivity index (χ4v) is 2.00. The number of alkyl halides is 3. The number of carbonyl (C=O) groups excluding carboxylic acids is 1. The van der Waals surface area contributed by atoms with Gasteiger partial charge < -0.3 is 5.32 Å². The van der Waals surface area contributed by atoms with E-state index in [1.165, 1.54) is 12.1 Å². The highest BCUT2D eigenvalue weighted by Gasteiger charge is 2.31. The van der Waals surface area contributed by atoms with Crippen LogP contribution < -0.4 is 5.32 Å². The van der Waals surface area contributed by atoms with Gasteiger partial charge in [-0.15, -0.1) is 0 Å². The van der Waals surface area contributed by atoms with Crippen LogP contribution in [0.15, 0.2) is 48.6 Å². The molecule has 0 spiro atoms. The van der Waals surface area contributed by atoms with Gasteiger partial charge in [0.15, 0.2) is 0 Å². The van der Waals surface area contributed by atoms with Crippen molar-refractivity contribution in [2.75, 3.05) is 0 Å². The van der Waals surface area contributed by atoms with E-state index in [4.69, 9.17) is 0 Å². The lowest BCUT2D eigenvalue weighted by Gasteiger charge is -2.23. The second kappa shape index (κ2) is 7.82. The van der Waals surface area contributed by atoms with E-state index in [0.717, 1.165) is 12.1 Å². The Balaban J connectivity index is 2.99. The third-order valence-corrected chi connectivity index (χ3v) is 3.09. The smallest absolute Gasteiger partial charge is 0.345 e. The van der Waals surface area contributed by atoms with Gasteiger partial charge in [-0.05, 0) is 30.5 Å². The number of nitrogens with one attached hydrogen (secondary N) is 1. The monoisotopic (exact) mass is 311 g/mol. The summed E-state index contributed by atoms with van der Waals surface area (Å²) in [5.41, 5.74) is -0.271. The molecule has 1 aromatic rings. The van der Waals surface area contributed by atoms with Gasteiger partial charge in [0.2, 0.25) is 5.91 Å². The molecule has 0 aliphatic carbocycles. The maximum absolute atomic E-state index is 12.8. The summed E-state index contributed by atoms with van der Waals surface area (Å²) >= 11 is 0. The number of amides is 1. The summed E-state index contributed by atoms with van der Waals surface area (Å²) in [5.74, 6) is -0.378. The predicted octanol–water partition coefficient (Wildman–Crippen LogP) is 4.65. The molecule has 120 valence electrons. The average Bonchev–Trinajstić information content (AvgIpc) is 2.44. The summed E-state index contributed by atoms with van der Waals surface area (Å²) in [6.07, 6.45) is 2.01. The molecule has 0 aliphatic heterocycles. The molecule has 0 bridgehead atoms. The first kappa shape index (κ1) is 18.0. The van der Waals surface area contributed by atoms with Crippen molar-refractivity contribution in [2.45, 2.75) is 33.0 Å². The quantitative estimate of drug-likeness (QED) is 0.622. The van der Waals surface area contributed by atoms with Crippen molar-refractivity contribution in [1.29, 1.82) is 0 Å². The third kappa shape index (κ3) is 5.39. The molecular weight excluding hydrogens is 291 g/mol. The lowest BCUT2D eigenvalue weighted by Crippen LogP contribution is -2.30. The molecule has 0 saturated heterocycles. The standard InChI is InChI=1S/C17H20F3NO/c1-4-5-6-10-15(22)21-16(12(2)3)13-8-7-9-14(11-13)17(18,19)20/h4-12,16H,1-3H3,(H,21,22). The van der Waals surface area contributed by atoms with Crippen LogP contribution >= 0.6 is 0 Å². The molecule has 1 aromatic carbocycles. The minimum absolute atomic E-state index is 0.0393. The Morgan fingerprint density at radius 1 is 1.23 bits per heavy atom. The zero-order valence-corrected chi connectivity index (χ0v) is 12.8. The molecule has 0 radical (unpaired) electrons. The fraction of sp³-hybridized carbons (Fsp3) is 0.353. The van der Waals surface area contributed by atoms with E-state index in [1.54, 1.807) is 24.3 Å². The number of allylic oxidation sites excluding steroid dienone is 3. The highest BCUT2D eigenvalue weighted by atomic mass is 19.4. The predicted molar refractivity (Wildman–Crippen MR) is 81.1 cm³/mol. The van der Waals surface area contributed by atoms with E-state index < -0.39 is 17.8 Å². The first-order valence-corrected chi connectivity index (χ1v) is 7.02. The van der Waals surface area contributed by atoms with Crippen molar-refractivity contribution in [1.82, 2.24) is 5.32 Å². The molecule has 0 fully saturated rings. The molecule has 1 N–H and O–H groups in total. The van der Waals surface area contributed by atoms with Crippen molar-refractivity contribution in [2.24, 2.45) is 5.92 Å². The summed E-state index contributed by atoms with van der Waals surface area (Å²) in [6, 6.07) is 4.57. The second-order valence-electron chi connectivity index (χ2n) is 5.24. The van der Waals surface area contributed by atoms with Gasteiger partial charge in [0.05, 0.1) is 11.6 Å². The summed E-state index contributed by atoms with van der Waals surface area (Å²) < 4.78 is 38.4. The summed E-state index contributed by atoms with van der Waals surface area (Å²) in [5, 5.41) is 2.74. The average molecular weight is 311 g/mol. The Kier molecular flexibility index (Phi) is 6.40. The number of rotatable bonds is 5. The third-order valence-electron chi connectivity index (χ3n) is 3.09. The van der Waals surface area contributed by atoms with Crippen LogP contribution in [-0.4, -0.2) is 5.91 Å². The van der Waals surface area contributed by atoms with E-state index >= 15 is 0 Å². The zero-order valence-electron chi connectivity index (χ0n) is 12.8. The maximum Gasteiger partial charge on any atom is 0.416 e. The van der Waals surface area contributed by atoms with Crippen LogP contribution in [0, 0.1) is 5.92 Å². The van der Waals surface area contributed by atoms with E-state index in [2.05, 4.69) is 5.32 Å². The minimum Gasteiger partial charge on any atom is -0.345 e. The Morgan fingerprint density at radius 3 is 2.45 bits per heavy atom. The van der Waals surface area contributed by atoms with Crippen LogP contribution in [0.25, 0.3) is 0 Å². The summed E-state index contributed by atoms with van der Waals surface area (Å²) in [6.45, 7) is 5.52. The van der Waals surface area contributed by atoms with Gasteiger partial charge in [0, 0.05) is 6.08 Å². The zero-order chi connectivity index (χ0) is 16.8. The number of hydrogen-bond acceptors (Lipinski definition) is 1. The van der Waals surface area contributed by atoms with E-state index in [9.17, 15) is 18.0 Å². The summed E-state index contributed by atoms with van der Waals surface area (Å²) in [4.78, 5) is 11.8. The van der Waals surface area contributed by atoms with Crippen LogP contribution in [0.5, 0.6) is 0 Å². The topological polar surface area (TPSA) is 29.1 Å². The maximum atomic E-state index is 12.8. The number of halogens is 3. The van der Waals surface area contributed by atoms with Gasteiger partial charge in [-0.3, -0.25) is 4.79 Å². The van der Waals surface area contributed by atoms with Crippen molar-refractivity contribution in [3.05, 3.63) is 59.7 Å². The fourth-order valence-electron chi connectivity index (χ4n) is 2.00. The first-order chi connectivity index (χ1) is 10.3. The molecule has 0 aromatic heterocycles. The molecule has 0 aliphatic rings. The molecule has 5 heteroatoms. The van der Waals surface area contributed by atoms with Gasteiger partial charge in [-0.25, -0.2) is 0 Å². The lowest BCUT2D eigenvalue weighted by molar-refractivity contribution is -0.137. The molecule has 2 nitrogen and oxygen atoms in total. The lowest BCUT2D eigenvalue weighted by atomic mass is 9.94. The normalized spacial score (nSPS) is 14.0. The van der Waals surface area contributed by atoms with Gasteiger partial charge in [-0.2, -0.15) is 13.2 Å². The van der Waals surface area contributed by atoms with Crippen LogP contribution in [0.2, 0.25) is 0 Å². The van der Waals surface area contributed by atoms with Gasteiger partial charge >= 0.3 is 6.18 Å². The van der Waals surface area contributed by atoms with E-state index in [1.807, 2.05) is 20.8 Å². The number of hydrogen-bond donors (Lipinski definition) is 1. The van der Waals surface area contributed by atoms with Crippen LogP contribution in [0.3, 0.4) is 0 Å². The summed E-state index contributed by atoms with van der Waals surface area (Å²) in [7, 11) is 0. The first-order valence-electron chi connectivity index (χ1n) is 7.02. The Labute approximate surface area is 128 Å². The molecule has 1 atom stereocenters. The highest BCUT2D eigenvalue weighted by molar-refractivity contribution is 5.88. The Morgan fingerprint density at radius 2 is 1.91 bits per heavy atom. The molecule has 22 heavy (non-hydrogen) atoms. The second-order valence-corrected chi connectivity index (χ2v) is 5.24. The number of benzene rings is 1. The van der Waals surface area contributed by atoms with E-state index in [0.29, 0.717) is 5.56 Å². The van der Waals surface area contributed by atoms with Crippen LogP contribution in [-0.2, 0) is 11.0 Å². The largest absolute Gasteiger partial charge is 0.416 e. The minimum atomic E-state index is -4.40.